The Labute approximate surface area is 82.1 Å². The molecule has 0 fully saturated rings. The average molecular weight is 183 g/mol. The molecule has 13 heavy (non-hydrogen) atoms. The predicted octanol–water partition coefficient (Wildman–Crippen LogP) is 1.66. The zero-order valence-electron chi connectivity index (χ0n) is 9.13. The SMILES string of the molecule is C#CC(NCCC)C(OC)C(C)C. The largest absolute Gasteiger partial charge is 0.379 e. The fourth-order valence-electron chi connectivity index (χ4n) is 1.36. The number of nitrogens with one attached hydrogen (secondary N) is 1. The summed E-state index contributed by atoms with van der Waals surface area (Å²) in [7, 11) is 1.71. The molecule has 0 saturated carbocycles. The van der Waals surface area contributed by atoms with Crippen LogP contribution in [0.3, 0.4) is 0 Å². The van der Waals surface area contributed by atoms with E-state index in [9.17, 15) is 0 Å². The van der Waals surface area contributed by atoms with Gasteiger partial charge >= 0.3 is 0 Å². The highest BCUT2D eigenvalue weighted by Crippen LogP contribution is 2.09. The Kier molecular flexibility index (Phi) is 6.66. The van der Waals surface area contributed by atoms with E-state index in [1.807, 2.05) is 0 Å². The van der Waals surface area contributed by atoms with Crippen molar-refractivity contribution >= 4 is 0 Å². The second-order valence-electron chi connectivity index (χ2n) is 3.54. The molecule has 76 valence electrons. The van der Waals surface area contributed by atoms with Crippen molar-refractivity contribution in [2.24, 2.45) is 5.92 Å². The Morgan fingerprint density at radius 3 is 2.38 bits per heavy atom. The van der Waals surface area contributed by atoms with Crippen LogP contribution in [0.1, 0.15) is 27.2 Å². The van der Waals surface area contributed by atoms with Crippen molar-refractivity contribution in [3.63, 3.8) is 0 Å². The van der Waals surface area contributed by atoms with Crippen molar-refractivity contribution in [2.75, 3.05) is 13.7 Å². The lowest BCUT2D eigenvalue weighted by atomic mass is 10.00. The van der Waals surface area contributed by atoms with E-state index < -0.39 is 0 Å². The maximum absolute atomic E-state index is 5.44. The Bertz CT molecular complexity index is 160. The van der Waals surface area contributed by atoms with Gasteiger partial charge in [-0.2, -0.15) is 0 Å². The van der Waals surface area contributed by atoms with Gasteiger partial charge in [-0.25, -0.2) is 0 Å². The van der Waals surface area contributed by atoms with Gasteiger partial charge in [-0.1, -0.05) is 26.7 Å². The van der Waals surface area contributed by atoms with E-state index in [4.69, 9.17) is 11.2 Å². The van der Waals surface area contributed by atoms with E-state index in [0.29, 0.717) is 5.92 Å². The van der Waals surface area contributed by atoms with Gasteiger partial charge in [0.1, 0.15) is 0 Å². The quantitative estimate of drug-likeness (QED) is 0.632. The first-order valence-electron chi connectivity index (χ1n) is 4.89. The van der Waals surface area contributed by atoms with Crippen molar-refractivity contribution in [1.29, 1.82) is 0 Å². The van der Waals surface area contributed by atoms with E-state index in [0.717, 1.165) is 13.0 Å². The van der Waals surface area contributed by atoms with Gasteiger partial charge in [-0.05, 0) is 18.9 Å². The molecule has 0 saturated heterocycles. The highest BCUT2D eigenvalue weighted by molar-refractivity contribution is 5.03. The van der Waals surface area contributed by atoms with E-state index in [2.05, 4.69) is 32.0 Å². The third-order valence-electron chi connectivity index (χ3n) is 2.05. The van der Waals surface area contributed by atoms with Gasteiger partial charge in [0.05, 0.1) is 12.1 Å². The molecule has 0 rings (SSSR count). The maximum Gasteiger partial charge on any atom is 0.0955 e. The van der Waals surface area contributed by atoms with Crippen molar-refractivity contribution < 1.29 is 4.74 Å². The molecule has 2 heteroatoms. The van der Waals surface area contributed by atoms with Crippen LogP contribution < -0.4 is 5.32 Å². The van der Waals surface area contributed by atoms with Crippen LogP contribution in [0.5, 0.6) is 0 Å². The first-order chi connectivity index (χ1) is 6.17. The second-order valence-corrected chi connectivity index (χ2v) is 3.54. The van der Waals surface area contributed by atoms with Gasteiger partial charge < -0.3 is 10.1 Å². The summed E-state index contributed by atoms with van der Waals surface area (Å²) in [5.41, 5.74) is 0. The molecule has 0 heterocycles. The molecule has 2 nitrogen and oxygen atoms in total. The number of hydrogen-bond donors (Lipinski definition) is 1. The normalized spacial score (nSPS) is 15.4. The van der Waals surface area contributed by atoms with Crippen LogP contribution >= 0.6 is 0 Å². The third-order valence-corrected chi connectivity index (χ3v) is 2.05. The minimum absolute atomic E-state index is 0.0324. The number of ether oxygens (including phenoxy) is 1. The summed E-state index contributed by atoms with van der Waals surface area (Å²) in [5.74, 6) is 3.17. The molecule has 0 radical (unpaired) electrons. The van der Waals surface area contributed by atoms with E-state index in [-0.39, 0.29) is 12.1 Å². The topological polar surface area (TPSA) is 21.3 Å². The molecule has 0 aromatic heterocycles. The van der Waals surface area contributed by atoms with Crippen LogP contribution in [-0.4, -0.2) is 25.8 Å². The number of hydrogen-bond acceptors (Lipinski definition) is 2. The molecule has 0 amide bonds. The average Bonchev–Trinajstić information content (AvgIpc) is 2.11. The van der Waals surface area contributed by atoms with Crippen LogP contribution in [0.15, 0.2) is 0 Å². The molecule has 0 bridgehead atoms. The van der Waals surface area contributed by atoms with Crippen LogP contribution in [0, 0.1) is 18.3 Å². The predicted molar refractivity (Wildman–Crippen MR) is 56.5 cm³/mol. The van der Waals surface area contributed by atoms with Crippen molar-refractivity contribution in [3.8, 4) is 12.3 Å². The second kappa shape index (κ2) is 6.94. The number of methoxy groups -OCH3 is 1. The van der Waals surface area contributed by atoms with Gasteiger partial charge in [0, 0.05) is 7.11 Å². The minimum atomic E-state index is 0.0324. The summed E-state index contributed by atoms with van der Waals surface area (Å²) in [6, 6.07) is 0.0324. The third kappa shape index (κ3) is 4.31. The lowest BCUT2D eigenvalue weighted by Gasteiger charge is -2.25. The Balaban J connectivity index is 4.11. The number of rotatable bonds is 6. The van der Waals surface area contributed by atoms with Crippen LogP contribution in [0.2, 0.25) is 0 Å². The molecule has 0 aliphatic rings. The first kappa shape index (κ1) is 12.5. The summed E-state index contributed by atoms with van der Waals surface area (Å²) in [4.78, 5) is 0. The summed E-state index contributed by atoms with van der Waals surface area (Å²) in [6.45, 7) is 7.30. The fourth-order valence-corrected chi connectivity index (χ4v) is 1.36. The molecular weight excluding hydrogens is 162 g/mol. The van der Waals surface area contributed by atoms with Gasteiger partial charge in [0.25, 0.3) is 0 Å². The fraction of sp³-hybridized carbons (Fsp3) is 0.818. The summed E-state index contributed by atoms with van der Waals surface area (Å²) in [6.07, 6.45) is 6.63. The maximum atomic E-state index is 5.44. The first-order valence-corrected chi connectivity index (χ1v) is 4.89. The van der Waals surface area contributed by atoms with Crippen molar-refractivity contribution in [2.45, 2.75) is 39.3 Å². The lowest BCUT2D eigenvalue weighted by Crippen LogP contribution is -2.43. The molecule has 0 aromatic rings. The summed E-state index contributed by atoms with van der Waals surface area (Å²) < 4.78 is 5.36. The summed E-state index contributed by atoms with van der Waals surface area (Å²) >= 11 is 0. The summed E-state index contributed by atoms with van der Waals surface area (Å²) in [5, 5.41) is 3.29. The molecule has 0 aromatic carbocycles. The van der Waals surface area contributed by atoms with E-state index in [1.165, 1.54) is 0 Å². The smallest absolute Gasteiger partial charge is 0.0955 e. The van der Waals surface area contributed by atoms with Crippen molar-refractivity contribution in [3.05, 3.63) is 0 Å². The zero-order valence-corrected chi connectivity index (χ0v) is 9.13. The van der Waals surface area contributed by atoms with Gasteiger partial charge in [-0.15, -0.1) is 6.42 Å². The zero-order chi connectivity index (χ0) is 10.3. The highest BCUT2D eigenvalue weighted by atomic mass is 16.5. The molecule has 0 spiro atoms. The highest BCUT2D eigenvalue weighted by Gasteiger charge is 2.21. The Hall–Kier alpha value is -0.520. The molecule has 2 unspecified atom stereocenters. The van der Waals surface area contributed by atoms with Gasteiger partial charge in [0.2, 0.25) is 0 Å². The van der Waals surface area contributed by atoms with Crippen LogP contribution in [-0.2, 0) is 4.74 Å². The van der Waals surface area contributed by atoms with Gasteiger partial charge in [-0.3, -0.25) is 0 Å². The van der Waals surface area contributed by atoms with E-state index in [1.54, 1.807) is 7.11 Å². The molecule has 2 atom stereocenters. The van der Waals surface area contributed by atoms with Crippen molar-refractivity contribution in [1.82, 2.24) is 5.32 Å². The standard InChI is InChI=1S/C11H21NO/c1-6-8-12-10(7-2)11(13-5)9(3)4/h2,9-12H,6,8H2,1,3-5H3. The molecule has 1 N–H and O–H groups in total. The van der Waals surface area contributed by atoms with Crippen LogP contribution in [0.25, 0.3) is 0 Å². The lowest BCUT2D eigenvalue weighted by molar-refractivity contribution is 0.0484. The molecule has 0 aliphatic heterocycles. The Morgan fingerprint density at radius 2 is 2.08 bits per heavy atom. The number of terminal acetylenes is 1. The minimum Gasteiger partial charge on any atom is -0.379 e. The Morgan fingerprint density at radius 1 is 1.46 bits per heavy atom. The van der Waals surface area contributed by atoms with Gasteiger partial charge in [0.15, 0.2) is 0 Å². The molecular formula is C11H21NO. The van der Waals surface area contributed by atoms with E-state index >= 15 is 0 Å². The monoisotopic (exact) mass is 183 g/mol. The molecule has 0 aliphatic carbocycles. The van der Waals surface area contributed by atoms with Crippen LogP contribution in [0.4, 0.5) is 0 Å².